The molecule has 3 N–H and O–H groups in total. The molecule has 0 aromatic heterocycles. The maximum Gasteiger partial charge on any atom is 0.224 e. The van der Waals surface area contributed by atoms with Crippen LogP contribution >= 0.6 is 0 Å². The van der Waals surface area contributed by atoms with Gasteiger partial charge >= 0.3 is 0 Å². The molecule has 1 unspecified atom stereocenters. The van der Waals surface area contributed by atoms with Crippen molar-refractivity contribution >= 4 is 17.3 Å². The fraction of sp³-hybridized carbons (Fsp3) is 0.562. The molecule has 0 saturated heterocycles. The largest absolute Gasteiger partial charge is 0.396 e. The van der Waals surface area contributed by atoms with Crippen LogP contribution in [0.4, 0.5) is 15.8 Å². The second kappa shape index (κ2) is 6.89. The Morgan fingerprint density at radius 1 is 1.52 bits per heavy atom. The number of benzene rings is 1. The van der Waals surface area contributed by atoms with Crippen LogP contribution < -0.4 is 11.1 Å². The Hall–Kier alpha value is -1.62. The maximum absolute atomic E-state index is 13.0. The Morgan fingerprint density at radius 3 is 2.86 bits per heavy atom. The number of nitrogens with two attached hydrogens (primary N) is 1. The summed E-state index contributed by atoms with van der Waals surface area (Å²) in [4.78, 5) is 14.2. The molecule has 0 bridgehead atoms. The summed E-state index contributed by atoms with van der Waals surface area (Å²) in [5.74, 6) is 0.309. The van der Waals surface area contributed by atoms with Gasteiger partial charge in [-0.25, -0.2) is 4.39 Å². The van der Waals surface area contributed by atoms with Gasteiger partial charge in [-0.2, -0.15) is 0 Å². The number of nitrogens with one attached hydrogen (secondary N) is 1. The lowest BCUT2D eigenvalue weighted by atomic mass is 10.1. The molecule has 1 saturated carbocycles. The van der Waals surface area contributed by atoms with Gasteiger partial charge in [-0.3, -0.25) is 4.79 Å². The summed E-state index contributed by atoms with van der Waals surface area (Å²) in [6.07, 6.45) is 3.94. The van der Waals surface area contributed by atoms with Gasteiger partial charge in [0.05, 0.1) is 5.69 Å². The van der Waals surface area contributed by atoms with E-state index in [4.69, 9.17) is 5.73 Å². The van der Waals surface area contributed by atoms with Crippen molar-refractivity contribution in [1.29, 1.82) is 0 Å². The quantitative estimate of drug-likeness (QED) is 0.760. The average molecular weight is 293 g/mol. The van der Waals surface area contributed by atoms with Crippen molar-refractivity contribution < 1.29 is 9.18 Å². The van der Waals surface area contributed by atoms with Gasteiger partial charge in [-0.05, 0) is 63.9 Å². The number of hydrogen-bond acceptors (Lipinski definition) is 3. The Labute approximate surface area is 125 Å². The lowest BCUT2D eigenvalue weighted by Gasteiger charge is -2.24. The van der Waals surface area contributed by atoms with Crippen LogP contribution in [0.1, 0.15) is 32.6 Å². The van der Waals surface area contributed by atoms with Crippen molar-refractivity contribution in [3.8, 4) is 0 Å². The fourth-order valence-corrected chi connectivity index (χ4v) is 2.48. The van der Waals surface area contributed by atoms with E-state index >= 15 is 0 Å². The lowest BCUT2D eigenvalue weighted by Crippen LogP contribution is -2.32. The molecule has 1 aromatic carbocycles. The third-order valence-corrected chi connectivity index (χ3v) is 4.19. The van der Waals surface area contributed by atoms with E-state index in [0.29, 0.717) is 18.2 Å². The number of nitrogen functional groups attached to an aromatic ring is 1. The molecule has 1 atom stereocenters. The van der Waals surface area contributed by atoms with Crippen LogP contribution in [0.25, 0.3) is 0 Å². The third-order valence-electron chi connectivity index (χ3n) is 4.19. The number of anilines is 2. The van der Waals surface area contributed by atoms with Gasteiger partial charge in [0.2, 0.25) is 5.91 Å². The zero-order valence-electron chi connectivity index (χ0n) is 12.7. The summed E-state index contributed by atoms with van der Waals surface area (Å²) in [5, 5.41) is 2.74. The fourth-order valence-electron chi connectivity index (χ4n) is 2.48. The molecule has 5 heteroatoms. The van der Waals surface area contributed by atoms with E-state index in [1.807, 2.05) is 0 Å². The van der Waals surface area contributed by atoms with Gasteiger partial charge in [0, 0.05) is 18.2 Å². The van der Waals surface area contributed by atoms with Gasteiger partial charge in [0.15, 0.2) is 0 Å². The molecule has 21 heavy (non-hydrogen) atoms. The molecule has 4 nitrogen and oxygen atoms in total. The van der Waals surface area contributed by atoms with Crippen LogP contribution in [0.2, 0.25) is 0 Å². The maximum atomic E-state index is 13.0. The van der Waals surface area contributed by atoms with Gasteiger partial charge in [-0.1, -0.05) is 0 Å². The predicted molar refractivity (Wildman–Crippen MR) is 83.5 cm³/mol. The lowest BCUT2D eigenvalue weighted by molar-refractivity contribution is -0.116. The molecule has 2 rings (SSSR count). The minimum atomic E-state index is -0.469. The Morgan fingerprint density at radius 2 is 2.24 bits per heavy atom. The molecule has 0 spiro atoms. The van der Waals surface area contributed by atoms with Crippen molar-refractivity contribution in [2.45, 2.75) is 38.6 Å². The molecule has 0 aliphatic heterocycles. The molecule has 1 fully saturated rings. The number of halogens is 1. The van der Waals surface area contributed by atoms with E-state index in [0.717, 1.165) is 18.9 Å². The van der Waals surface area contributed by atoms with E-state index in [1.54, 1.807) is 0 Å². The predicted octanol–water partition coefficient (Wildman–Crippen LogP) is 2.86. The topological polar surface area (TPSA) is 58.4 Å². The summed E-state index contributed by atoms with van der Waals surface area (Å²) in [6.45, 7) is 3.16. The number of amides is 1. The average Bonchev–Trinajstić information content (AvgIpc) is 3.26. The molecule has 1 amide bonds. The summed E-state index contributed by atoms with van der Waals surface area (Å²) in [6, 6.07) is 4.82. The van der Waals surface area contributed by atoms with E-state index in [-0.39, 0.29) is 11.6 Å². The minimum Gasteiger partial charge on any atom is -0.396 e. The van der Waals surface area contributed by atoms with Gasteiger partial charge in [0.25, 0.3) is 0 Å². The number of hydrogen-bond donors (Lipinski definition) is 2. The first kappa shape index (κ1) is 15.8. The molecule has 1 aliphatic rings. The van der Waals surface area contributed by atoms with Crippen LogP contribution in [0, 0.1) is 11.7 Å². The van der Waals surface area contributed by atoms with Gasteiger partial charge < -0.3 is 16.0 Å². The highest BCUT2D eigenvalue weighted by molar-refractivity contribution is 5.91. The monoisotopic (exact) mass is 293 g/mol. The van der Waals surface area contributed by atoms with Crippen molar-refractivity contribution in [3.05, 3.63) is 24.0 Å². The zero-order chi connectivity index (χ0) is 15.4. The van der Waals surface area contributed by atoms with Gasteiger partial charge in [0.1, 0.15) is 5.82 Å². The second-order valence-corrected chi connectivity index (χ2v) is 5.95. The molecule has 1 aliphatic carbocycles. The molecule has 116 valence electrons. The van der Waals surface area contributed by atoms with Crippen molar-refractivity contribution in [2.75, 3.05) is 24.6 Å². The molecular formula is C16H24FN3O. The SMILES string of the molecule is CC(C1CC1)N(C)CCCC(=O)Nc1ccc(F)c(N)c1. The molecule has 0 radical (unpaired) electrons. The highest BCUT2D eigenvalue weighted by Gasteiger charge is 2.30. The van der Waals surface area contributed by atoms with Crippen LogP contribution in [-0.4, -0.2) is 30.4 Å². The first-order chi connectivity index (χ1) is 9.97. The zero-order valence-corrected chi connectivity index (χ0v) is 12.7. The summed E-state index contributed by atoms with van der Waals surface area (Å²) >= 11 is 0. The number of nitrogens with zero attached hydrogens (tertiary/aromatic N) is 1. The van der Waals surface area contributed by atoms with Crippen LogP contribution in [0.15, 0.2) is 18.2 Å². The smallest absolute Gasteiger partial charge is 0.224 e. The van der Waals surface area contributed by atoms with Gasteiger partial charge in [-0.15, -0.1) is 0 Å². The summed E-state index contributed by atoms with van der Waals surface area (Å²) in [7, 11) is 2.11. The Kier molecular flexibility index (Phi) is 5.17. The number of carbonyl (C=O) groups is 1. The van der Waals surface area contributed by atoms with Crippen molar-refractivity contribution in [3.63, 3.8) is 0 Å². The first-order valence-electron chi connectivity index (χ1n) is 7.52. The van der Waals surface area contributed by atoms with Crippen molar-refractivity contribution in [1.82, 2.24) is 4.90 Å². The van der Waals surface area contributed by atoms with E-state index < -0.39 is 5.82 Å². The molecule has 1 aromatic rings. The molecule has 0 heterocycles. The van der Waals surface area contributed by atoms with Crippen LogP contribution in [0.5, 0.6) is 0 Å². The Balaban J connectivity index is 1.70. The van der Waals surface area contributed by atoms with E-state index in [1.165, 1.54) is 31.0 Å². The molecular weight excluding hydrogens is 269 g/mol. The summed E-state index contributed by atoms with van der Waals surface area (Å²) < 4.78 is 13.0. The third kappa shape index (κ3) is 4.70. The van der Waals surface area contributed by atoms with Crippen molar-refractivity contribution in [2.24, 2.45) is 5.92 Å². The van der Waals surface area contributed by atoms with Crippen LogP contribution in [-0.2, 0) is 4.79 Å². The normalized spacial score (nSPS) is 16.0. The number of rotatable bonds is 7. The first-order valence-corrected chi connectivity index (χ1v) is 7.52. The van der Waals surface area contributed by atoms with E-state index in [9.17, 15) is 9.18 Å². The standard InChI is InChI=1S/C16H24FN3O/c1-11(12-5-6-12)20(2)9-3-4-16(21)19-13-7-8-14(17)15(18)10-13/h7-8,10-12H,3-6,9,18H2,1-2H3,(H,19,21). The highest BCUT2D eigenvalue weighted by Crippen LogP contribution is 2.34. The Bertz CT molecular complexity index is 502. The summed E-state index contributed by atoms with van der Waals surface area (Å²) in [5.41, 5.74) is 6.06. The highest BCUT2D eigenvalue weighted by atomic mass is 19.1. The van der Waals surface area contributed by atoms with Crippen LogP contribution in [0.3, 0.4) is 0 Å². The number of carbonyl (C=O) groups excluding carboxylic acids is 1. The minimum absolute atomic E-state index is 0.0470. The van der Waals surface area contributed by atoms with E-state index in [2.05, 4.69) is 24.2 Å². The second-order valence-electron chi connectivity index (χ2n) is 5.95.